The molecule has 0 radical (unpaired) electrons. The highest BCUT2D eigenvalue weighted by Gasteiger charge is 2.38. The van der Waals surface area contributed by atoms with Crippen molar-refractivity contribution in [2.24, 2.45) is 0 Å². The van der Waals surface area contributed by atoms with Gasteiger partial charge in [0, 0.05) is 24.2 Å². The molecule has 1 amide bonds. The summed E-state index contributed by atoms with van der Waals surface area (Å²) in [5, 5.41) is 7.79. The van der Waals surface area contributed by atoms with Gasteiger partial charge in [0.1, 0.15) is 4.21 Å². The van der Waals surface area contributed by atoms with Crippen molar-refractivity contribution >= 4 is 60.1 Å². The number of carbonyl (C=O) groups is 2. The average Bonchev–Trinajstić information content (AvgIpc) is 3.39. The van der Waals surface area contributed by atoms with Crippen LogP contribution < -0.4 is 0 Å². The smallest absolute Gasteiger partial charge is 0.475 e. The number of aromatic nitrogens is 1. The number of likely N-dealkylation sites (tertiary alicyclic amines) is 1. The van der Waals surface area contributed by atoms with Gasteiger partial charge in [-0.2, -0.15) is 21.6 Å². The first-order chi connectivity index (χ1) is 17.2. The molecule has 0 spiro atoms. The lowest BCUT2D eigenvalue weighted by Crippen LogP contribution is -2.44. The number of piperidine rings is 1. The summed E-state index contributed by atoms with van der Waals surface area (Å²) >= 11 is 4.50. The Kier molecular flexibility index (Phi) is 8.77. The number of aliphatic carboxylic acids is 1. The molecule has 14 heteroatoms. The van der Waals surface area contributed by atoms with Crippen molar-refractivity contribution in [2.45, 2.75) is 36.2 Å². The summed E-state index contributed by atoms with van der Waals surface area (Å²) in [5.41, 5.74) is 1.44. The first kappa shape index (κ1) is 29.1. The van der Waals surface area contributed by atoms with Crippen LogP contribution in [0, 0.1) is 6.92 Å². The highest BCUT2D eigenvalue weighted by Crippen LogP contribution is 2.34. The highest BCUT2D eigenvalue weighted by molar-refractivity contribution is 9.11. The molecule has 8 nitrogen and oxygen atoms in total. The molecule has 202 valence electrons. The molecule has 0 unspecified atom stereocenters. The van der Waals surface area contributed by atoms with Crippen molar-refractivity contribution in [3.05, 3.63) is 51.4 Å². The predicted octanol–water partition coefficient (Wildman–Crippen LogP) is 4.81. The van der Waals surface area contributed by atoms with Gasteiger partial charge in [-0.15, -0.1) is 11.3 Å². The number of carbonyl (C=O) groups excluding carboxylic acids is 1. The van der Waals surface area contributed by atoms with Crippen molar-refractivity contribution < 1.29 is 36.3 Å². The molecule has 3 heterocycles. The van der Waals surface area contributed by atoms with Gasteiger partial charge in [-0.25, -0.2) is 8.77 Å². The molecular formula is C23H25BrF3N3O5S2. The molecule has 1 N–H and O–H groups in total. The third-order valence-electron chi connectivity index (χ3n) is 6.11. The van der Waals surface area contributed by atoms with Gasteiger partial charge in [0.25, 0.3) is 15.9 Å². The summed E-state index contributed by atoms with van der Waals surface area (Å²) < 4.78 is 60.9. The molecule has 1 aliphatic heterocycles. The second-order valence-electron chi connectivity index (χ2n) is 8.56. The van der Waals surface area contributed by atoms with Gasteiger partial charge in [0.15, 0.2) is 0 Å². The van der Waals surface area contributed by atoms with Crippen molar-refractivity contribution in [1.82, 2.24) is 13.8 Å². The first-order valence-electron chi connectivity index (χ1n) is 11.0. The Bertz CT molecular complexity index is 1410. The number of rotatable bonds is 4. The number of hydrogen-bond acceptors (Lipinski definition) is 6. The van der Waals surface area contributed by atoms with Crippen molar-refractivity contribution in [2.75, 3.05) is 27.2 Å². The van der Waals surface area contributed by atoms with Gasteiger partial charge >= 0.3 is 12.1 Å². The van der Waals surface area contributed by atoms with Crippen LogP contribution in [0.15, 0.2) is 44.4 Å². The Morgan fingerprint density at radius 1 is 1.14 bits per heavy atom. The Morgan fingerprint density at radius 3 is 2.22 bits per heavy atom. The largest absolute Gasteiger partial charge is 0.490 e. The van der Waals surface area contributed by atoms with Gasteiger partial charge in [0.05, 0.1) is 14.9 Å². The molecule has 4 rings (SSSR count). The summed E-state index contributed by atoms with van der Waals surface area (Å²) in [4.78, 5) is 26.5. The zero-order chi connectivity index (χ0) is 27.7. The number of benzene rings is 1. The standard InChI is InChI=1S/C21H24BrN3O3S2.C2HF3O2/c1-14-20(21(26)24(3)15-10-12-23(2)13-11-15)16-6-4-5-7-17(16)25(14)30(27,28)19-9-8-18(22)29-19;3-2(4,5)1(6)7/h4-9,15H,10-13H2,1-3H3;(H,6,7). The summed E-state index contributed by atoms with van der Waals surface area (Å²) in [7, 11) is 0.0969. The van der Waals surface area contributed by atoms with E-state index in [0.29, 0.717) is 22.2 Å². The SMILES string of the molecule is Cc1c(C(=O)N(C)C2CCN(C)CC2)c2ccccc2n1S(=O)(=O)c1ccc(Br)s1.O=C(O)C(F)(F)F. The number of carboxylic acid groups (broad SMARTS) is 1. The molecule has 0 aliphatic carbocycles. The fraction of sp³-hybridized carbons (Fsp3) is 0.391. The Morgan fingerprint density at radius 2 is 1.70 bits per heavy atom. The van der Waals surface area contributed by atoms with Crippen LogP contribution in [0.4, 0.5) is 13.2 Å². The lowest BCUT2D eigenvalue weighted by atomic mass is 10.0. The van der Waals surface area contributed by atoms with E-state index in [9.17, 15) is 26.4 Å². The molecule has 1 aliphatic rings. The van der Waals surface area contributed by atoms with Crippen LogP contribution in [-0.4, -0.2) is 78.6 Å². The van der Waals surface area contributed by atoms with Gasteiger partial charge < -0.3 is 14.9 Å². The number of fused-ring (bicyclic) bond motifs is 1. The second-order valence-corrected chi connectivity index (χ2v) is 13.0. The summed E-state index contributed by atoms with van der Waals surface area (Å²) in [6.45, 7) is 3.62. The van der Waals surface area contributed by atoms with E-state index in [1.807, 2.05) is 19.2 Å². The van der Waals surface area contributed by atoms with E-state index in [1.54, 1.807) is 36.1 Å². The molecule has 37 heavy (non-hydrogen) atoms. The first-order valence-corrected chi connectivity index (χ1v) is 14.1. The van der Waals surface area contributed by atoms with Crippen LogP contribution in [0.5, 0.6) is 0 Å². The van der Waals surface area contributed by atoms with E-state index in [0.717, 1.165) is 41.1 Å². The Hall–Kier alpha value is -2.42. The Balaban J connectivity index is 0.000000479. The van der Waals surface area contributed by atoms with E-state index < -0.39 is 22.2 Å². The maximum absolute atomic E-state index is 13.5. The zero-order valence-corrected chi connectivity index (χ0v) is 23.3. The summed E-state index contributed by atoms with van der Waals surface area (Å²) in [6, 6.07) is 10.7. The van der Waals surface area contributed by atoms with Gasteiger partial charge in [0.2, 0.25) is 0 Å². The van der Waals surface area contributed by atoms with Crippen molar-refractivity contribution in [3.8, 4) is 0 Å². The monoisotopic (exact) mass is 623 g/mol. The molecule has 0 saturated carbocycles. The molecule has 1 fully saturated rings. The number of alkyl halides is 3. The van der Waals surface area contributed by atoms with E-state index in [-0.39, 0.29) is 16.2 Å². The number of nitrogens with zero attached hydrogens (tertiary/aromatic N) is 3. The van der Waals surface area contributed by atoms with Crippen LogP contribution >= 0.6 is 27.3 Å². The molecule has 1 saturated heterocycles. The third kappa shape index (κ3) is 6.19. The van der Waals surface area contributed by atoms with Crippen molar-refractivity contribution in [1.29, 1.82) is 0 Å². The fourth-order valence-electron chi connectivity index (χ4n) is 4.17. The van der Waals surface area contributed by atoms with Gasteiger partial charge in [-0.05, 0) is 74.0 Å². The summed E-state index contributed by atoms with van der Waals surface area (Å²) in [6.07, 6.45) is -3.25. The number of amides is 1. The molecule has 2 aromatic heterocycles. The zero-order valence-electron chi connectivity index (χ0n) is 20.1. The fourth-order valence-corrected chi connectivity index (χ4v) is 7.81. The van der Waals surface area contributed by atoms with Crippen LogP contribution in [0.3, 0.4) is 0 Å². The normalized spacial score (nSPS) is 15.3. The minimum atomic E-state index is -5.08. The quantitative estimate of drug-likeness (QED) is 0.448. The number of thiophene rings is 1. The molecule has 3 aromatic rings. The predicted molar refractivity (Wildman–Crippen MR) is 138 cm³/mol. The van der Waals surface area contributed by atoms with Gasteiger partial charge in [-0.1, -0.05) is 18.2 Å². The third-order valence-corrected chi connectivity index (χ3v) is 10.0. The lowest BCUT2D eigenvalue weighted by molar-refractivity contribution is -0.192. The topological polar surface area (TPSA) is 99.9 Å². The summed E-state index contributed by atoms with van der Waals surface area (Å²) in [5.74, 6) is -2.88. The van der Waals surface area contributed by atoms with E-state index >= 15 is 0 Å². The maximum atomic E-state index is 13.5. The van der Waals surface area contributed by atoms with Crippen LogP contribution in [0.1, 0.15) is 28.9 Å². The van der Waals surface area contributed by atoms with E-state index in [2.05, 4.69) is 27.9 Å². The minimum Gasteiger partial charge on any atom is -0.475 e. The molecule has 1 aromatic carbocycles. The van der Waals surface area contributed by atoms with Gasteiger partial charge in [-0.3, -0.25) is 4.79 Å². The van der Waals surface area contributed by atoms with Crippen molar-refractivity contribution in [3.63, 3.8) is 0 Å². The number of hydrogen-bond donors (Lipinski definition) is 1. The Labute approximate surface area is 224 Å². The molecule has 0 bridgehead atoms. The average molecular weight is 625 g/mol. The molecule has 0 atom stereocenters. The lowest BCUT2D eigenvalue weighted by Gasteiger charge is -2.35. The van der Waals surface area contributed by atoms with Crippen LogP contribution in [-0.2, 0) is 14.8 Å². The van der Waals surface area contributed by atoms with Crippen LogP contribution in [0.25, 0.3) is 10.9 Å². The number of para-hydroxylation sites is 1. The second kappa shape index (κ2) is 11.1. The molecular weight excluding hydrogens is 599 g/mol. The maximum Gasteiger partial charge on any atom is 0.490 e. The van der Waals surface area contributed by atoms with E-state index in [4.69, 9.17) is 9.90 Å². The van der Waals surface area contributed by atoms with Crippen LogP contribution in [0.2, 0.25) is 0 Å². The van der Waals surface area contributed by atoms with E-state index in [1.165, 1.54) is 3.97 Å². The number of carboxylic acids is 1. The number of halogens is 4. The minimum absolute atomic E-state index is 0.125. The highest BCUT2D eigenvalue weighted by atomic mass is 79.9.